The number of alkyl carbamates (subject to hydrolysis) is 1. The molecule has 0 heterocycles. The lowest BCUT2D eigenvalue weighted by atomic mass is 9.98. The number of carbonyl (C=O) groups excluding carboxylic acids is 1. The largest absolute Gasteiger partial charge is 0.449 e. The molecule has 2 aromatic carbocycles. The van der Waals surface area contributed by atoms with Crippen LogP contribution in [0.1, 0.15) is 57.2 Å². The minimum Gasteiger partial charge on any atom is -0.449 e. The molecule has 0 radical (unpaired) electrons. The van der Waals surface area contributed by atoms with Gasteiger partial charge in [0.25, 0.3) is 0 Å². The first-order chi connectivity index (χ1) is 16.2. The van der Waals surface area contributed by atoms with Crippen LogP contribution in [-0.2, 0) is 21.3 Å². The van der Waals surface area contributed by atoms with Gasteiger partial charge in [0.2, 0.25) is 10.0 Å². The topological polar surface area (TPSA) is 95.9 Å². The number of hydrogen-bond donors (Lipinski definition) is 2. The van der Waals surface area contributed by atoms with Crippen LogP contribution in [0.4, 0.5) is 4.79 Å². The van der Waals surface area contributed by atoms with Crippen LogP contribution >= 0.6 is 0 Å². The van der Waals surface area contributed by atoms with E-state index in [0.717, 1.165) is 5.56 Å². The van der Waals surface area contributed by atoms with E-state index < -0.39 is 28.3 Å². The normalized spacial score (nSPS) is 13.6. The first kappa shape index (κ1) is 27.8. The summed E-state index contributed by atoms with van der Waals surface area (Å²) in [6.45, 7) is 6.54. The Balaban J connectivity index is 2.10. The maximum absolute atomic E-state index is 13.2. The number of nitrogens with zero attached hydrogens (tertiary/aromatic N) is 1. The molecule has 0 aromatic heterocycles. The predicted octanol–water partition coefficient (Wildman–Crippen LogP) is 4.49. The number of amides is 1. The molecule has 2 aromatic rings. The third-order valence-electron chi connectivity index (χ3n) is 5.49. The van der Waals surface area contributed by atoms with E-state index in [-0.39, 0.29) is 18.8 Å². The van der Waals surface area contributed by atoms with E-state index in [1.807, 2.05) is 81.4 Å². The number of ether oxygens (including phenoxy) is 1. The van der Waals surface area contributed by atoms with Gasteiger partial charge in [0.1, 0.15) is 0 Å². The summed E-state index contributed by atoms with van der Waals surface area (Å²) in [5.41, 5.74) is 1.66. The van der Waals surface area contributed by atoms with Crippen LogP contribution < -0.4 is 5.32 Å². The SMILES string of the molecule is CCCS(=O)(=O)N(CCC(C)C)[C@@H](c1ccccc1)C(O)CCOC(=O)NCc1ccccc1. The molecule has 0 aliphatic rings. The van der Waals surface area contributed by atoms with Crippen LogP contribution in [0.25, 0.3) is 0 Å². The van der Waals surface area contributed by atoms with Crippen molar-refractivity contribution in [3.05, 3.63) is 71.8 Å². The van der Waals surface area contributed by atoms with Gasteiger partial charge in [0.15, 0.2) is 0 Å². The zero-order chi connectivity index (χ0) is 25.0. The first-order valence-corrected chi connectivity index (χ1v) is 13.5. The molecule has 2 rings (SSSR count). The third kappa shape index (κ3) is 9.08. The van der Waals surface area contributed by atoms with E-state index >= 15 is 0 Å². The lowest BCUT2D eigenvalue weighted by Gasteiger charge is -2.35. The van der Waals surface area contributed by atoms with Crippen LogP contribution in [0.15, 0.2) is 60.7 Å². The number of nitrogens with one attached hydrogen (secondary N) is 1. The highest BCUT2D eigenvalue weighted by Gasteiger charge is 2.35. The quantitative estimate of drug-likeness (QED) is 0.407. The van der Waals surface area contributed by atoms with Crippen molar-refractivity contribution >= 4 is 16.1 Å². The fourth-order valence-corrected chi connectivity index (χ4v) is 5.44. The summed E-state index contributed by atoms with van der Waals surface area (Å²) in [5, 5.41) is 13.8. The first-order valence-electron chi connectivity index (χ1n) is 11.9. The molecule has 2 N–H and O–H groups in total. The van der Waals surface area contributed by atoms with Gasteiger partial charge in [0, 0.05) is 19.5 Å². The zero-order valence-electron chi connectivity index (χ0n) is 20.4. The third-order valence-corrected chi connectivity index (χ3v) is 7.54. The van der Waals surface area contributed by atoms with Crippen molar-refractivity contribution in [1.29, 1.82) is 0 Å². The summed E-state index contributed by atoms with van der Waals surface area (Å²) in [5.74, 6) is 0.323. The number of hydrogen-bond acceptors (Lipinski definition) is 5. The standard InChI is InChI=1S/C26H38N2O5S/c1-4-19-34(31,32)28(17-15-21(2)3)25(23-13-9-6-10-14-23)24(29)16-18-33-26(30)27-20-22-11-7-5-8-12-22/h5-14,21,24-25,29H,4,15-20H2,1-3H3,(H,27,30)/t24?,25-/m0/s1. The van der Waals surface area contributed by atoms with Gasteiger partial charge in [-0.05, 0) is 29.9 Å². The highest BCUT2D eigenvalue weighted by molar-refractivity contribution is 7.89. The van der Waals surface area contributed by atoms with Crippen molar-refractivity contribution in [3.63, 3.8) is 0 Å². The molecule has 34 heavy (non-hydrogen) atoms. The molecule has 1 amide bonds. The molecule has 0 bridgehead atoms. The predicted molar refractivity (Wildman–Crippen MR) is 135 cm³/mol. The average molecular weight is 491 g/mol. The second kappa shape index (κ2) is 14.1. The van der Waals surface area contributed by atoms with Crippen molar-refractivity contribution in [2.24, 2.45) is 5.92 Å². The fraction of sp³-hybridized carbons (Fsp3) is 0.500. The van der Waals surface area contributed by atoms with Crippen molar-refractivity contribution in [1.82, 2.24) is 9.62 Å². The van der Waals surface area contributed by atoms with Crippen LogP contribution in [0.3, 0.4) is 0 Å². The second-order valence-corrected chi connectivity index (χ2v) is 10.8. The van der Waals surface area contributed by atoms with Crippen LogP contribution in [0, 0.1) is 5.92 Å². The van der Waals surface area contributed by atoms with Crippen molar-refractivity contribution in [3.8, 4) is 0 Å². The molecule has 0 spiro atoms. The summed E-state index contributed by atoms with van der Waals surface area (Å²) in [6.07, 6.45) is -0.344. The van der Waals surface area contributed by atoms with Gasteiger partial charge in [-0.3, -0.25) is 0 Å². The Kier molecular flexibility index (Phi) is 11.5. The second-order valence-electron chi connectivity index (χ2n) is 8.80. The molecule has 0 saturated heterocycles. The molecule has 1 unspecified atom stereocenters. The lowest BCUT2D eigenvalue weighted by Crippen LogP contribution is -2.43. The van der Waals surface area contributed by atoms with E-state index in [0.29, 0.717) is 37.4 Å². The zero-order valence-corrected chi connectivity index (χ0v) is 21.2. The van der Waals surface area contributed by atoms with Gasteiger partial charge in [0.05, 0.1) is 24.5 Å². The summed E-state index contributed by atoms with van der Waals surface area (Å²) in [4.78, 5) is 12.1. The van der Waals surface area contributed by atoms with Gasteiger partial charge in [-0.1, -0.05) is 81.4 Å². The number of benzene rings is 2. The monoisotopic (exact) mass is 490 g/mol. The van der Waals surface area contributed by atoms with Gasteiger partial charge in [-0.25, -0.2) is 13.2 Å². The Bertz CT molecular complexity index is 952. The molecule has 0 aliphatic carbocycles. The fourth-order valence-electron chi connectivity index (χ4n) is 3.69. The molecule has 2 atom stereocenters. The van der Waals surface area contributed by atoms with E-state index in [1.54, 1.807) is 0 Å². The maximum Gasteiger partial charge on any atom is 0.407 e. The minimum atomic E-state index is -3.59. The Hall–Kier alpha value is -2.42. The highest BCUT2D eigenvalue weighted by atomic mass is 32.2. The molecular formula is C26H38N2O5S. The Morgan fingerprint density at radius 2 is 1.65 bits per heavy atom. The summed E-state index contributed by atoms with van der Waals surface area (Å²) >= 11 is 0. The molecular weight excluding hydrogens is 452 g/mol. The van der Waals surface area contributed by atoms with Crippen molar-refractivity contribution in [2.45, 2.75) is 58.7 Å². The Morgan fingerprint density at radius 3 is 2.24 bits per heavy atom. The van der Waals surface area contributed by atoms with E-state index in [9.17, 15) is 18.3 Å². The van der Waals surface area contributed by atoms with E-state index in [1.165, 1.54) is 4.31 Å². The maximum atomic E-state index is 13.2. The molecule has 0 fully saturated rings. The molecule has 8 heteroatoms. The molecule has 0 saturated carbocycles. The Labute approximate surface area is 204 Å². The number of carbonyl (C=O) groups is 1. The van der Waals surface area contributed by atoms with Gasteiger partial charge in [-0.2, -0.15) is 4.31 Å². The van der Waals surface area contributed by atoms with Crippen LogP contribution in [0.5, 0.6) is 0 Å². The minimum absolute atomic E-state index is 0.0134. The smallest absolute Gasteiger partial charge is 0.407 e. The number of aliphatic hydroxyl groups excluding tert-OH is 1. The van der Waals surface area contributed by atoms with Crippen LogP contribution in [0.2, 0.25) is 0 Å². The van der Waals surface area contributed by atoms with Crippen molar-refractivity contribution in [2.75, 3.05) is 18.9 Å². The Morgan fingerprint density at radius 1 is 1.03 bits per heavy atom. The van der Waals surface area contributed by atoms with Gasteiger partial charge in [-0.15, -0.1) is 0 Å². The molecule has 188 valence electrons. The highest BCUT2D eigenvalue weighted by Crippen LogP contribution is 2.30. The van der Waals surface area contributed by atoms with Crippen LogP contribution in [-0.4, -0.2) is 48.9 Å². The lowest BCUT2D eigenvalue weighted by molar-refractivity contribution is 0.0564. The summed E-state index contributed by atoms with van der Waals surface area (Å²) < 4.78 is 33.1. The van der Waals surface area contributed by atoms with E-state index in [4.69, 9.17) is 4.74 Å². The molecule has 0 aliphatic heterocycles. The van der Waals surface area contributed by atoms with E-state index in [2.05, 4.69) is 5.32 Å². The number of sulfonamides is 1. The summed E-state index contributed by atoms with van der Waals surface area (Å²) in [6, 6.07) is 17.9. The summed E-state index contributed by atoms with van der Waals surface area (Å²) in [7, 11) is -3.59. The number of rotatable bonds is 14. The van der Waals surface area contributed by atoms with Crippen molar-refractivity contribution < 1.29 is 23.1 Å². The molecule has 7 nitrogen and oxygen atoms in total. The number of aliphatic hydroxyl groups is 1. The average Bonchev–Trinajstić information content (AvgIpc) is 2.81. The van der Waals surface area contributed by atoms with Gasteiger partial charge < -0.3 is 15.2 Å². The van der Waals surface area contributed by atoms with Gasteiger partial charge >= 0.3 is 6.09 Å².